The van der Waals surface area contributed by atoms with Crippen LogP contribution in [-0.2, 0) is 9.53 Å². The van der Waals surface area contributed by atoms with Crippen LogP contribution < -0.4 is 0 Å². The lowest BCUT2D eigenvalue weighted by Crippen LogP contribution is -2.53. The van der Waals surface area contributed by atoms with Crippen LogP contribution in [0.2, 0.25) is 0 Å². The summed E-state index contributed by atoms with van der Waals surface area (Å²) in [7, 11) is 0. The van der Waals surface area contributed by atoms with Crippen molar-refractivity contribution in [3.05, 3.63) is 0 Å². The molecule has 1 aliphatic rings. The molecule has 0 radical (unpaired) electrons. The van der Waals surface area contributed by atoms with Crippen LogP contribution in [0.3, 0.4) is 0 Å². The Morgan fingerprint density at radius 3 is 2.62 bits per heavy atom. The third-order valence-corrected chi connectivity index (χ3v) is 2.65. The van der Waals surface area contributed by atoms with Crippen LogP contribution in [0.25, 0.3) is 0 Å². The van der Waals surface area contributed by atoms with E-state index in [4.69, 9.17) is 14.9 Å². The average Bonchev–Trinajstić information content (AvgIpc) is 2.27. The molecule has 5 N–H and O–H groups in total. The van der Waals surface area contributed by atoms with E-state index in [9.17, 15) is 20.1 Å². The second-order valence-electron chi connectivity index (χ2n) is 3.88. The molecule has 7 heteroatoms. The minimum absolute atomic E-state index is 0.0687. The van der Waals surface area contributed by atoms with E-state index in [0.717, 1.165) is 0 Å². The Morgan fingerprint density at radius 1 is 1.50 bits per heavy atom. The summed E-state index contributed by atoms with van der Waals surface area (Å²) in [5.41, 5.74) is 0. The summed E-state index contributed by atoms with van der Waals surface area (Å²) in [6, 6.07) is 0. The molecule has 0 saturated carbocycles. The van der Waals surface area contributed by atoms with Crippen molar-refractivity contribution in [2.45, 2.75) is 43.4 Å². The van der Waals surface area contributed by atoms with Crippen molar-refractivity contribution in [1.82, 2.24) is 0 Å². The number of hydrogen-bond acceptors (Lipinski definition) is 6. The fraction of sp³-hybridized carbons (Fsp3) is 0.889. The van der Waals surface area contributed by atoms with Crippen molar-refractivity contribution in [2.75, 3.05) is 6.61 Å². The van der Waals surface area contributed by atoms with Crippen LogP contribution in [0.4, 0.5) is 0 Å². The Kier molecular flexibility index (Phi) is 4.22. The number of ether oxygens (including phenoxy) is 1. The third kappa shape index (κ3) is 2.69. The number of carboxylic acids is 1. The molecule has 1 rings (SSSR count). The molecule has 4 atom stereocenters. The lowest BCUT2D eigenvalue weighted by Gasteiger charge is -2.37. The summed E-state index contributed by atoms with van der Waals surface area (Å²) < 4.78 is 4.86. The molecule has 1 aliphatic heterocycles. The highest BCUT2D eigenvalue weighted by molar-refractivity contribution is 5.75. The fourth-order valence-corrected chi connectivity index (χ4v) is 1.66. The smallest absolute Gasteiger partial charge is 0.364 e. The van der Waals surface area contributed by atoms with Crippen LogP contribution in [0, 0.1) is 0 Å². The first-order valence-corrected chi connectivity index (χ1v) is 5.01. The Hall–Kier alpha value is -0.730. The highest BCUT2D eigenvalue weighted by Gasteiger charge is 2.45. The van der Waals surface area contributed by atoms with Gasteiger partial charge in [-0.3, -0.25) is 0 Å². The lowest BCUT2D eigenvalue weighted by molar-refractivity contribution is -0.274. The number of carbonyl (C=O) groups is 1. The molecule has 7 nitrogen and oxygen atoms in total. The molecule has 1 fully saturated rings. The van der Waals surface area contributed by atoms with E-state index < -0.39 is 36.7 Å². The molecule has 0 aromatic carbocycles. The number of aliphatic hydroxyl groups is 4. The molecule has 2 unspecified atom stereocenters. The predicted octanol–water partition coefficient (Wildman–Crippen LogP) is -1.96. The summed E-state index contributed by atoms with van der Waals surface area (Å²) in [5.74, 6) is -3.85. The van der Waals surface area contributed by atoms with Gasteiger partial charge < -0.3 is 30.3 Å². The van der Waals surface area contributed by atoms with Crippen LogP contribution >= 0.6 is 0 Å². The Labute approximate surface area is 91.9 Å². The zero-order chi connectivity index (χ0) is 12.3. The molecular weight excluding hydrogens is 220 g/mol. The third-order valence-electron chi connectivity index (χ3n) is 2.65. The van der Waals surface area contributed by atoms with E-state index in [1.807, 2.05) is 0 Å². The standard InChI is InChI=1S/C9H16O7/c10-4-5(11)7(12)6-2-1-3-9(15,16-6)8(13)14/h5-7,10-12,15H,1-4H2,(H,13,14)/t5-,6?,7-,9?/m1/s1. The molecule has 1 saturated heterocycles. The molecule has 1 heterocycles. The molecule has 0 aliphatic carbocycles. The van der Waals surface area contributed by atoms with Crippen molar-refractivity contribution in [3.8, 4) is 0 Å². The van der Waals surface area contributed by atoms with E-state index in [1.165, 1.54) is 0 Å². The Morgan fingerprint density at radius 2 is 2.12 bits per heavy atom. The maximum absolute atomic E-state index is 10.7. The molecule has 0 aromatic heterocycles. The summed E-state index contributed by atoms with van der Waals surface area (Å²) in [6.45, 7) is -0.660. The van der Waals surface area contributed by atoms with Crippen LogP contribution in [0.1, 0.15) is 19.3 Å². The van der Waals surface area contributed by atoms with Gasteiger partial charge in [-0.25, -0.2) is 4.79 Å². The summed E-state index contributed by atoms with van der Waals surface area (Å²) in [4.78, 5) is 10.7. The molecule has 16 heavy (non-hydrogen) atoms. The zero-order valence-corrected chi connectivity index (χ0v) is 8.61. The van der Waals surface area contributed by atoms with E-state index in [1.54, 1.807) is 0 Å². The number of rotatable bonds is 4. The molecule has 94 valence electrons. The lowest BCUT2D eigenvalue weighted by atomic mass is 9.96. The van der Waals surface area contributed by atoms with Crippen molar-refractivity contribution in [3.63, 3.8) is 0 Å². The summed E-state index contributed by atoms with van der Waals surface area (Å²) >= 11 is 0. The van der Waals surface area contributed by atoms with Crippen LogP contribution in [0.15, 0.2) is 0 Å². The quantitative estimate of drug-likeness (QED) is 0.383. The van der Waals surface area contributed by atoms with E-state index in [2.05, 4.69) is 0 Å². The van der Waals surface area contributed by atoms with Crippen LogP contribution in [0.5, 0.6) is 0 Å². The molecular formula is C9H16O7. The SMILES string of the molecule is O=C(O)C1(O)CCCC([C@H](O)[C@H](O)CO)O1. The van der Waals surface area contributed by atoms with Crippen molar-refractivity contribution >= 4 is 5.97 Å². The topological polar surface area (TPSA) is 127 Å². The summed E-state index contributed by atoms with van der Waals surface area (Å²) in [5, 5.41) is 45.6. The maximum atomic E-state index is 10.7. The Balaban J connectivity index is 2.67. The highest BCUT2D eigenvalue weighted by Crippen LogP contribution is 2.29. The van der Waals surface area contributed by atoms with Gasteiger partial charge in [-0.1, -0.05) is 0 Å². The highest BCUT2D eigenvalue weighted by atomic mass is 16.7. The van der Waals surface area contributed by atoms with E-state index in [-0.39, 0.29) is 6.42 Å². The van der Waals surface area contributed by atoms with Crippen LogP contribution in [-0.4, -0.2) is 62.2 Å². The molecule has 0 aromatic rings. The van der Waals surface area contributed by atoms with Gasteiger partial charge in [0.25, 0.3) is 5.79 Å². The molecule has 0 spiro atoms. The first kappa shape index (κ1) is 13.3. The number of carboxylic acid groups (broad SMARTS) is 1. The van der Waals surface area contributed by atoms with E-state index >= 15 is 0 Å². The van der Waals surface area contributed by atoms with Crippen molar-refractivity contribution < 1.29 is 35.1 Å². The van der Waals surface area contributed by atoms with Crippen molar-refractivity contribution in [2.24, 2.45) is 0 Å². The van der Waals surface area contributed by atoms with Gasteiger partial charge in [0, 0.05) is 6.42 Å². The normalized spacial score (nSPS) is 34.4. The minimum atomic E-state index is -2.32. The average molecular weight is 236 g/mol. The van der Waals surface area contributed by atoms with Gasteiger partial charge in [-0.15, -0.1) is 0 Å². The first-order valence-electron chi connectivity index (χ1n) is 5.01. The van der Waals surface area contributed by atoms with E-state index in [0.29, 0.717) is 12.8 Å². The Bertz CT molecular complexity index is 256. The molecule has 0 amide bonds. The van der Waals surface area contributed by atoms with Crippen molar-refractivity contribution in [1.29, 1.82) is 0 Å². The minimum Gasteiger partial charge on any atom is -0.477 e. The zero-order valence-electron chi connectivity index (χ0n) is 8.61. The van der Waals surface area contributed by atoms with Gasteiger partial charge in [0.1, 0.15) is 12.2 Å². The molecule has 0 bridgehead atoms. The van der Waals surface area contributed by atoms with Gasteiger partial charge in [-0.05, 0) is 12.8 Å². The largest absolute Gasteiger partial charge is 0.477 e. The number of aliphatic carboxylic acids is 1. The second kappa shape index (κ2) is 5.07. The number of aliphatic hydroxyl groups excluding tert-OH is 3. The van der Waals surface area contributed by atoms with Gasteiger partial charge in [0.2, 0.25) is 0 Å². The predicted molar refractivity (Wildman–Crippen MR) is 50.4 cm³/mol. The monoisotopic (exact) mass is 236 g/mol. The maximum Gasteiger partial charge on any atom is 0.364 e. The van der Waals surface area contributed by atoms with Gasteiger partial charge in [0.05, 0.1) is 12.7 Å². The van der Waals surface area contributed by atoms with Gasteiger partial charge in [0.15, 0.2) is 0 Å². The fourth-order valence-electron chi connectivity index (χ4n) is 1.66. The summed E-state index contributed by atoms with van der Waals surface area (Å²) in [6.07, 6.45) is -3.24. The first-order chi connectivity index (χ1) is 7.40. The van der Waals surface area contributed by atoms with Gasteiger partial charge in [-0.2, -0.15) is 0 Å². The number of hydrogen-bond donors (Lipinski definition) is 5. The second-order valence-corrected chi connectivity index (χ2v) is 3.88. The van der Waals surface area contributed by atoms with Gasteiger partial charge >= 0.3 is 5.97 Å².